The predicted octanol–water partition coefficient (Wildman–Crippen LogP) is 3.11. The van der Waals surface area contributed by atoms with E-state index in [-0.39, 0.29) is 17.2 Å². The van der Waals surface area contributed by atoms with E-state index in [0.717, 1.165) is 42.3 Å². The molecule has 0 unspecified atom stereocenters. The minimum Gasteiger partial charge on any atom is -0.392 e. The van der Waals surface area contributed by atoms with Crippen LogP contribution in [0.25, 0.3) is 0 Å². The van der Waals surface area contributed by atoms with Gasteiger partial charge in [0.25, 0.3) is 0 Å². The fourth-order valence-electron chi connectivity index (χ4n) is 4.31. The number of allylic oxidation sites excluding steroid dienone is 2. The summed E-state index contributed by atoms with van der Waals surface area (Å²) in [6, 6.07) is 9.42. The molecular formula is C22H27NO3. The number of rotatable bonds is 5. The number of hydrogen-bond donors (Lipinski definition) is 2. The minimum atomic E-state index is -0.427. The number of carbonyl (C=O) groups is 2. The van der Waals surface area contributed by atoms with Crippen LogP contribution in [0.4, 0.5) is 0 Å². The van der Waals surface area contributed by atoms with Crippen molar-refractivity contribution in [3.05, 3.63) is 58.8 Å². The Morgan fingerprint density at radius 1 is 1.35 bits per heavy atom. The molecule has 138 valence electrons. The third kappa shape index (κ3) is 3.51. The molecule has 26 heavy (non-hydrogen) atoms. The highest BCUT2D eigenvalue weighted by Crippen LogP contribution is 2.49. The van der Waals surface area contributed by atoms with E-state index in [1.807, 2.05) is 37.3 Å². The molecule has 0 saturated heterocycles. The van der Waals surface area contributed by atoms with Gasteiger partial charge in [-0.25, -0.2) is 0 Å². The number of carbonyl (C=O) groups excluding carboxylic acids is 2. The Labute approximate surface area is 155 Å². The van der Waals surface area contributed by atoms with Gasteiger partial charge in [-0.3, -0.25) is 4.79 Å². The second-order valence-electron chi connectivity index (χ2n) is 7.70. The SMILES string of the molecule is CC1=C2CCC[C@H](O)[C@@]2(C)CC(=CN[C@@H](C=O)Cc2ccccc2)C1=O. The fourth-order valence-corrected chi connectivity index (χ4v) is 4.31. The summed E-state index contributed by atoms with van der Waals surface area (Å²) in [6.45, 7) is 3.92. The molecule has 0 aromatic heterocycles. The molecule has 3 rings (SSSR count). The van der Waals surface area contributed by atoms with Crippen LogP contribution in [0.3, 0.4) is 0 Å². The molecular weight excluding hydrogens is 326 g/mol. The van der Waals surface area contributed by atoms with Gasteiger partial charge in [0, 0.05) is 17.2 Å². The van der Waals surface area contributed by atoms with Crippen LogP contribution in [0.1, 0.15) is 45.1 Å². The Bertz CT molecular complexity index is 750. The average molecular weight is 353 g/mol. The van der Waals surface area contributed by atoms with Gasteiger partial charge in [0.1, 0.15) is 6.29 Å². The van der Waals surface area contributed by atoms with Gasteiger partial charge in [-0.1, -0.05) is 42.8 Å². The molecule has 2 N–H and O–H groups in total. The second-order valence-corrected chi connectivity index (χ2v) is 7.70. The maximum Gasteiger partial charge on any atom is 0.186 e. The molecule has 1 aromatic carbocycles. The zero-order valence-electron chi connectivity index (χ0n) is 15.5. The van der Waals surface area contributed by atoms with Crippen molar-refractivity contribution in [2.75, 3.05) is 0 Å². The lowest BCUT2D eigenvalue weighted by Crippen LogP contribution is -2.42. The number of fused-ring (bicyclic) bond motifs is 1. The number of benzene rings is 1. The largest absolute Gasteiger partial charge is 0.392 e. The van der Waals surface area contributed by atoms with E-state index in [1.54, 1.807) is 6.20 Å². The molecule has 1 fully saturated rings. The number of Topliss-reactive ketones (excluding diaryl/α,β-unsaturated/α-hetero) is 1. The van der Waals surface area contributed by atoms with E-state index in [4.69, 9.17) is 0 Å². The van der Waals surface area contributed by atoms with E-state index in [2.05, 4.69) is 12.2 Å². The van der Waals surface area contributed by atoms with Gasteiger partial charge in [0.2, 0.25) is 0 Å². The van der Waals surface area contributed by atoms with Crippen molar-refractivity contribution in [2.45, 2.75) is 58.1 Å². The molecule has 4 nitrogen and oxygen atoms in total. The Morgan fingerprint density at radius 3 is 2.77 bits per heavy atom. The third-order valence-electron chi connectivity index (χ3n) is 5.91. The van der Waals surface area contributed by atoms with Crippen LogP contribution in [0.2, 0.25) is 0 Å². The topological polar surface area (TPSA) is 66.4 Å². The van der Waals surface area contributed by atoms with Gasteiger partial charge >= 0.3 is 0 Å². The van der Waals surface area contributed by atoms with Crippen molar-refractivity contribution < 1.29 is 14.7 Å². The van der Waals surface area contributed by atoms with Crippen LogP contribution in [0.15, 0.2) is 53.3 Å². The minimum absolute atomic E-state index is 0.0310. The lowest BCUT2D eigenvalue weighted by Gasteiger charge is -2.45. The number of aldehydes is 1. The fraction of sp³-hybridized carbons (Fsp3) is 0.455. The van der Waals surface area contributed by atoms with Crippen molar-refractivity contribution in [3.63, 3.8) is 0 Å². The van der Waals surface area contributed by atoms with E-state index >= 15 is 0 Å². The van der Waals surface area contributed by atoms with Gasteiger partial charge in [-0.15, -0.1) is 0 Å². The molecule has 0 spiro atoms. The molecule has 4 heteroatoms. The lowest BCUT2D eigenvalue weighted by atomic mass is 9.61. The number of aliphatic hydroxyl groups excluding tert-OH is 1. The van der Waals surface area contributed by atoms with Crippen LogP contribution in [-0.4, -0.2) is 29.3 Å². The summed E-state index contributed by atoms with van der Waals surface area (Å²) < 4.78 is 0. The Kier molecular flexibility index (Phi) is 5.42. The Balaban J connectivity index is 1.79. The summed E-state index contributed by atoms with van der Waals surface area (Å²) >= 11 is 0. The average Bonchev–Trinajstić information content (AvgIpc) is 2.65. The standard InChI is InChI=1S/C22H27NO3/c1-15-19-9-6-10-20(25)22(19,2)12-17(21(15)26)13-23-18(14-24)11-16-7-4-3-5-8-16/h3-5,7-8,13-14,18,20,23,25H,6,9-12H2,1-2H3/t18-,20+,22+/m1/s1. The van der Waals surface area contributed by atoms with Crippen molar-refractivity contribution in [2.24, 2.45) is 5.41 Å². The Hall–Kier alpha value is -2.20. The van der Waals surface area contributed by atoms with Crippen molar-refractivity contribution in [3.8, 4) is 0 Å². The highest BCUT2D eigenvalue weighted by molar-refractivity contribution is 6.09. The molecule has 0 amide bonds. The number of ketones is 1. The van der Waals surface area contributed by atoms with Gasteiger partial charge < -0.3 is 15.2 Å². The molecule has 0 heterocycles. The quantitative estimate of drug-likeness (QED) is 0.630. The van der Waals surface area contributed by atoms with E-state index in [0.29, 0.717) is 18.4 Å². The second kappa shape index (κ2) is 7.58. The molecule has 3 atom stereocenters. The zero-order valence-corrected chi connectivity index (χ0v) is 15.5. The zero-order chi connectivity index (χ0) is 18.7. The van der Waals surface area contributed by atoms with Gasteiger partial charge in [0.15, 0.2) is 5.78 Å². The number of nitrogens with one attached hydrogen (secondary N) is 1. The van der Waals surface area contributed by atoms with E-state index in [1.165, 1.54) is 0 Å². The van der Waals surface area contributed by atoms with E-state index in [9.17, 15) is 14.7 Å². The van der Waals surface area contributed by atoms with E-state index < -0.39 is 6.10 Å². The molecule has 0 bridgehead atoms. The summed E-state index contributed by atoms with van der Waals surface area (Å²) in [4.78, 5) is 24.2. The van der Waals surface area contributed by atoms with Gasteiger partial charge in [0.05, 0.1) is 12.1 Å². The summed E-state index contributed by atoms with van der Waals surface area (Å²) in [7, 11) is 0. The smallest absolute Gasteiger partial charge is 0.186 e. The summed E-state index contributed by atoms with van der Waals surface area (Å²) in [5.41, 5.74) is 3.21. The highest BCUT2D eigenvalue weighted by atomic mass is 16.3. The summed E-state index contributed by atoms with van der Waals surface area (Å²) in [5.74, 6) is 0.0310. The first-order valence-corrected chi connectivity index (χ1v) is 9.33. The first-order valence-electron chi connectivity index (χ1n) is 9.33. The normalized spacial score (nSPS) is 28.7. The van der Waals surface area contributed by atoms with Gasteiger partial charge in [-0.2, -0.15) is 0 Å². The first kappa shape index (κ1) is 18.6. The predicted molar refractivity (Wildman–Crippen MR) is 102 cm³/mol. The van der Waals surface area contributed by atoms with Crippen molar-refractivity contribution in [1.82, 2.24) is 5.32 Å². The molecule has 0 aliphatic heterocycles. The maximum atomic E-state index is 12.8. The first-order chi connectivity index (χ1) is 12.5. The molecule has 0 radical (unpaired) electrons. The van der Waals surface area contributed by atoms with Crippen molar-refractivity contribution in [1.29, 1.82) is 0 Å². The monoisotopic (exact) mass is 353 g/mol. The van der Waals surface area contributed by atoms with Crippen molar-refractivity contribution >= 4 is 12.1 Å². The van der Waals surface area contributed by atoms with Crippen LogP contribution in [0.5, 0.6) is 0 Å². The maximum absolute atomic E-state index is 12.8. The Morgan fingerprint density at radius 2 is 2.08 bits per heavy atom. The van der Waals surface area contributed by atoms with Crippen LogP contribution in [0, 0.1) is 5.41 Å². The molecule has 1 aromatic rings. The number of hydrogen-bond acceptors (Lipinski definition) is 4. The van der Waals surface area contributed by atoms with Gasteiger partial charge in [-0.05, 0) is 50.2 Å². The van der Waals surface area contributed by atoms with Crippen LogP contribution in [-0.2, 0) is 16.0 Å². The molecule has 2 aliphatic rings. The number of aliphatic hydroxyl groups is 1. The molecule has 2 aliphatic carbocycles. The third-order valence-corrected chi connectivity index (χ3v) is 5.91. The summed E-state index contributed by atoms with van der Waals surface area (Å²) in [5, 5.41) is 13.7. The lowest BCUT2D eigenvalue weighted by molar-refractivity contribution is -0.114. The van der Waals surface area contributed by atoms with Crippen LogP contribution < -0.4 is 5.32 Å². The van der Waals surface area contributed by atoms with Crippen LogP contribution >= 0.6 is 0 Å². The highest BCUT2D eigenvalue weighted by Gasteiger charge is 2.45. The summed E-state index contributed by atoms with van der Waals surface area (Å²) in [6.07, 6.45) is 5.82. The molecule has 1 saturated carbocycles.